The maximum absolute atomic E-state index is 12.7. The van der Waals surface area contributed by atoms with Crippen molar-refractivity contribution in [2.24, 2.45) is 0 Å². The molecule has 3 heterocycles. The van der Waals surface area contributed by atoms with E-state index in [0.717, 1.165) is 0 Å². The number of hydrogen-bond donors (Lipinski definition) is 1. The summed E-state index contributed by atoms with van der Waals surface area (Å²) in [5, 5.41) is 6.91. The first kappa shape index (κ1) is 21.4. The fourth-order valence-electron chi connectivity index (χ4n) is 2.64. The van der Waals surface area contributed by atoms with Gasteiger partial charge in [-0.05, 0) is 25.2 Å². The van der Waals surface area contributed by atoms with E-state index in [4.69, 9.17) is 33.3 Å². The monoisotopic (exact) mass is 448 g/mol. The van der Waals surface area contributed by atoms with E-state index in [1.165, 1.54) is 42.0 Å². The SMILES string of the molecule is C=CCN1C(=O)C(=Cc2c(C)nn(-c3nc(OC)cc(OC)n3)c2Cl)C(=O)NC1=S. The Balaban J connectivity index is 2.08. The van der Waals surface area contributed by atoms with Crippen LogP contribution in [-0.2, 0) is 9.59 Å². The number of carbonyl (C=O) groups is 2. The van der Waals surface area contributed by atoms with Gasteiger partial charge in [0.1, 0.15) is 10.7 Å². The van der Waals surface area contributed by atoms with Gasteiger partial charge in [-0.2, -0.15) is 19.7 Å². The third kappa shape index (κ3) is 3.89. The molecule has 12 heteroatoms. The van der Waals surface area contributed by atoms with Crippen molar-refractivity contribution in [3.05, 3.63) is 40.7 Å². The average Bonchev–Trinajstić information content (AvgIpc) is 3.01. The van der Waals surface area contributed by atoms with Crippen molar-refractivity contribution >= 4 is 46.8 Å². The van der Waals surface area contributed by atoms with Crippen LogP contribution in [0.2, 0.25) is 5.15 Å². The summed E-state index contributed by atoms with van der Waals surface area (Å²) in [5.41, 5.74) is 0.660. The zero-order valence-electron chi connectivity index (χ0n) is 16.3. The summed E-state index contributed by atoms with van der Waals surface area (Å²) in [4.78, 5) is 34.7. The molecule has 2 aromatic heterocycles. The van der Waals surface area contributed by atoms with E-state index in [9.17, 15) is 9.59 Å². The zero-order chi connectivity index (χ0) is 22.0. The molecule has 0 radical (unpaired) electrons. The van der Waals surface area contributed by atoms with E-state index in [1.54, 1.807) is 6.92 Å². The smallest absolute Gasteiger partial charge is 0.265 e. The Morgan fingerprint density at radius 1 is 1.27 bits per heavy atom. The van der Waals surface area contributed by atoms with Crippen LogP contribution in [0, 0.1) is 6.92 Å². The summed E-state index contributed by atoms with van der Waals surface area (Å²) in [7, 11) is 2.90. The van der Waals surface area contributed by atoms with Gasteiger partial charge in [-0.15, -0.1) is 6.58 Å². The molecule has 0 saturated carbocycles. The van der Waals surface area contributed by atoms with Gasteiger partial charge in [-0.3, -0.25) is 19.8 Å². The van der Waals surface area contributed by atoms with Crippen molar-refractivity contribution in [2.45, 2.75) is 6.92 Å². The summed E-state index contributed by atoms with van der Waals surface area (Å²) in [6.45, 7) is 5.41. The molecule has 0 spiro atoms. The molecule has 1 N–H and O–H groups in total. The molecule has 1 saturated heterocycles. The average molecular weight is 449 g/mol. The number of carbonyl (C=O) groups excluding carboxylic acids is 2. The highest BCUT2D eigenvalue weighted by Gasteiger charge is 2.33. The highest BCUT2D eigenvalue weighted by atomic mass is 35.5. The van der Waals surface area contributed by atoms with Gasteiger partial charge in [-0.25, -0.2) is 0 Å². The summed E-state index contributed by atoms with van der Waals surface area (Å²) in [6.07, 6.45) is 2.86. The second-order valence-electron chi connectivity index (χ2n) is 5.98. The topological polar surface area (TPSA) is 111 Å². The third-order valence-electron chi connectivity index (χ3n) is 4.11. The van der Waals surface area contributed by atoms with Crippen LogP contribution in [0.4, 0.5) is 0 Å². The van der Waals surface area contributed by atoms with Gasteiger partial charge in [0.2, 0.25) is 11.8 Å². The Bertz CT molecular complexity index is 1070. The number of amides is 2. The molecule has 0 atom stereocenters. The molecular formula is C18H17ClN6O4S. The van der Waals surface area contributed by atoms with Crippen molar-refractivity contribution in [1.29, 1.82) is 0 Å². The fraction of sp³-hybridized carbons (Fsp3) is 0.222. The van der Waals surface area contributed by atoms with Crippen LogP contribution in [0.15, 0.2) is 24.3 Å². The maximum Gasteiger partial charge on any atom is 0.265 e. The molecule has 1 aliphatic heterocycles. The molecule has 0 unspecified atom stereocenters. The number of hydrogen-bond acceptors (Lipinski definition) is 8. The first-order valence-electron chi connectivity index (χ1n) is 8.53. The molecule has 0 aliphatic carbocycles. The van der Waals surface area contributed by atoms with Crippen molar-refractivity contribution in [3.8, 4) is 17.7 Å². The first-order valence-corrected chi connectivity index (χ1v) is 9.31. The largest absolute Gasteiger partial charge is 0.481 e. The van der Waals surface area contributed by atoms with Gasteiger partial charge >= 0.3 is 0 Å². The number of ether oxygens (including phenoxy) is 2. The Morgan fingerprint density at radius 3 is 2.47 bits per heavy atom. The summed E-state index contributed by atoms with van der Waals surface area (Å²) in [6, 6.07) is 1.50. The minimum absolute atomic E-state index is 0.0115. The molecular weight excluding hydrogens is 432 g/mol. The van der Waals surface area contributed by atoms with Gasteiger partial charge in [0.15, 0.2) is 5.11 Å². The predicted molar refractivity (Wildman–Crippen MR) is 113 cm³/mol. The van der Waals surface area contributed by atoms with Gasteiger partial charge in [-0.1, -0.05) is 17.7 Å². The van der Waals surface area contributed by atoms with Crippen LogP contribution in [0.5, 0.6) is 11.8 Å². The lowest BCUT2D eigenvalue weighted by Crippen LogP contribution is -2.53. The molecule has 2 amide bonds. The van der Waals surface area contributed by atoms with Crippen LogP contribution >= 0.6 is 23.8 Å². The summed E-state index contributed by atoms with van der Waals surface area (Å²) in [5.74, 6) is -0.607. The van der Waals surface area contributed by atoms with Gasteiger partial charge in [0.05, 0.1) is 26.0 Å². The van der Waals surface area contributed by atoms with E-state index >= 15 is 0 Å². The number of aromatic nitrogens is 4. The Labute approximate surface area is 182 Å². The lowest BCUT2D eigenvalue weighted by Gasteiger charge is -2.27. The number of halogens is 1. The van der Waals surface area contributed by atoms with Crippen molar-refractivity contribution < 1.29 is 19.1 Å². The molecule has 3 rings (SSSR count). The number of thiocarbonyl (C=S) groups is 1. The standard InChI is InChI=1S/C18H17ClN6O4S/c1-5-6-24-16(27)11(15(26)22-18(24)30)7-10-9(2)23-25(14(10)19)17-20-12(28-3)8-13(21-17)29-4/h5,7-8H,1,6H2,2-4H3,(H,22,26,30). The zero-order valence-corrected chi connectivity index (χ0v) is 17.9. The number of rotatable bonds is 6. The van der Waals surface area contributed by atoms with Gasteiger partial charge in [0, 0.05) is 12.1 Å². The number of methoxy groups -OCH3 is 2. The highest BCUT2D eigenvalue weighted by Crippen LogP contribution is 2.27. The first-order chi connectivity index (χ1) is 14.3. The van der Waals surface area contributed by atoms with Gasteiger partial charge in [0.25, 0.3) is 17.8 Å². The lowest BCUT2D eigenvalue weighted by molar-refractivity contribution is -0.128. The molecule has 10 nitrogen and oxygen atoms in total. The molecule has 1 fully saturated rings. The van der Waals surface area contributed by atoms with E-state index in [2.05, 4.69) is 27.0 Å². The number of nitrogens with zero attached hydrogens (tertiary/aromatic N) is 5. The molecule has 1 aliphatic rings. The highest BCUT2D eigenvalue weighted by molar-refractivity contribution is 7.80. The Morgan fingerprint density at radius 2 is 1.90 bits per heavy atom. The summed E-state index contributed by atoms with van der Waals surface area (Å²) >= 11 is 11.5. The Hall–Kier alpha value is -3.31. The summed E-state index contributed by atoms with van der Waals surface area (Å²) < 4.78 is 11.5. The van der Waals surface area contributed by atoms with Crippen LogP contribution in [-0.4, -0.2) is 62.3 Å². The Kier molecular flexibility index (Phi) is 6.13. The maximum atomic E-state index is 12.7. The van der Waals surface area contributed by atoms with E-state index in [0.29, 0.717) is 11.3 Å². The van der Waals surface area contributed by atoms with Crippen LogP contribution in [0.1, 0.15) is 11.3 Å². The number of aryl methyl sites for hydroxylation is 1. The van der Waals surface area contributed by atoms with Crippen molar-refractivity contribution in [2.75, 3.05) is 20.8 Å². The second kappa shape index (κ2) is 8.59. The van der Waals surface area contributed by atoms with Crippen LogP contribution in [0.3, 0.4) is 0 Å². The van der Waals surface area contributed by atoms with Gasteiger partial charge < -0.3 is 9.47 Å². The van der Waals surface area contributed by atoms with Crippen molar-refractivity contribution in [1.82, 2.24) is 30.0 Å². The quantitative estimate of drug-likeness (QED) is 0.306. The van der Waals surface area contributed by atoms with Crippen LogP contribution in [0.25, 0.3) is 12.0 Å². The lowest BCUT2D eigenvalue weighted by atomic mass is 10.1. The van der Waals surface area contributed by atoms with Crippen molar-refractivity contribution in [3.63, 3.8) is 0 Å². The third-order valence-corrected chi connectivity index (χ3v) is 4.80. The van der Waals surface area contributed by atoms with Crippen LogP contribution < -0.4 is 14.8 Å². The predicted octanol–water partition coefficient (Wildman–Crippen LogP) is 1.45. The minimum Gasteiger partial charge on any atom is -0.481 e. The normalized spacial score (nSPS) is 15.4. The molecule has 0 aromatic carbocycles. The molecule has 2 aromatic rings. The van der Waals surface area contributed by atoms with E-state index < -0.39 is 11.8 Å². The number of nitrogens with one attached hydrogen (secondary N) is 1. The molecule has 0 bridgehead atoms. The minimum atomic E-state index is -0.632. The second-order valence-corrected chi connectivity index (χ2v) is 6.72. The molecule has 156 valence electrons. The molecule has 30 heavy (non-hydrogen) atoms. The fourth-order valence-corrected chi connectivity index (χ4v) is 3.19. The van der Waals surface area contributed by atoms with E-state index in [-0.39, 0.29) is 40.1 Å². The van der Waals surface area contributed by atoms with E-state index in [1.807, 2.05) is 0 Å².